The molecule has 0 fully saturated rings. The molecule has 0 saturated carbocycles. The lowest BCUT2D eigenvalue weighted by atomic mass is 10.2. The van der Waals surface area contributed by atoms with E-state index in [4.69, 9.17) is 16.3 Å². The van der Waals surface area contributed by atoms with Crippen molar-refractivity contribution in [3.05, 3.63) is 34.6 Å². The van der Waals surface area contributed by atoms with Crippen LogP contribution in [-0.4, -0.2) is 22.9 Å². The van der Waals surface area contributed by atoms with Crippen LogP contribution in [0.15, 0.2) is 22.5 Å². The molecular formula is C12H11ClFN3O2S2. The molecule has 5 nitrogen and oxygen atoms in total. The molecule has 1 aromatic heterocycles. The van der Waals surface area contributed by atoms with Gasteiger partial charge in [0.15, 0.2) is 4.34 Å². The zero-order chi connectivity index (χ0) is 15.2. The zero-order valence-corrected chi connectivity index (χ0v) is 13.3. The van der Waals surface area contributed by atoms with Crippen molar-refractivity contribution >= 4 is 45.9 Å². The summed E-state index contributed by atoms with van der Waals surface area (Å²) in [5, 5.41) is 10.9. The van der Waals surface area contributed by atoms with Gasteiger partial charge in [-0.05, 0) is 19.1 Å². The van der Waals surface area contributed by atoms with Crippen molar-refractivity contribution in [2.24, 2.45) is 0 Å². The first-order valence-electron chi connectivity index (χ1n) is 5.93. The number of anilines is 1. The van der Waals surface area contributed by atoms with Crippen molar-refractivity contribution in [3.63, 3.8) is 0 Å². The summed E-state index contributed by atoms with van der Waals surface area (Å²) in [4.78, 5) is 11.2. The van der Waals surface area contributed by atoms with Gasteiger partial charge in [0.2, 0.25) is 5.13 Å². The van der Waals surface area contributed by atoms with Crippen LogP contribution in [0.5, 0.6) is 0 Å². The minimum absolute atomic E-state index is 0.276. The zero-order valence-electron chi connectivity index (χ0n) is 10.9. The maximum atomic E-state index is 13.6. The molecule has 21 heavy (non-hydrogen) atoms. The number of aromatic nitrogens is 2. The Balaban J connectivity index is 1.95. The summed E-state index contributed by atoms with van der Waals surface area (Å²) in [6.07, 6.45) is -0.581. The second-order valence-electron chi connectivity index (χ2n) is 3.71. The number of nitrogens with one attached hydrogen (secondary N) is 1. The van der Waals surface area contributed by atoms with Crippen molar-refractivity contribution in [1.82, 2.24) is 10.2 Å². The van der Waals surface area contributed by atoms with E-state index in [2.05, 4.69) is 15.5 Å². The van der Waals surface area contributed by atoms with Gasteiger partial charge in [-0.25, -0.2) is 9.18 Å². The van der Waals surface area contributed by atoms with E-state index in [0.717, 1.165) is 0 Å². The fraction of sp³-hybridized carbons (Fsp3) is 0.250. The molecule has 1 N–H and O–H groups in total. The Morgan fingerprint density at radius 1 is 1.52 bits per heavy atom. The second-order valence-corrected chi connectivity index (χ2v) is 6.31. The van der Waals surface area contributed by atoms with Crippen molar-refractivity contribution < 1.29 is 13.9 Å². The summed E-state index contributed by atoms with van der Waals surface area (Å²) >= 11 is 8.42. The lowest BCUT2D eigenvalue weighted by Gasteiger charge is -2.03. The van der Waals surface area contributed by atoms with E-state index in [1.807, 2.05) is 0 Å². The number of thioether (sulfide) groups is 1. The maximum absolute atomic E-state index is 13.6. The summed E-state index contributed by atoms with van der Waals surface area (Å²) in [6.45, 7) is 1.98. The fourth-order valence-electron chi connectivity index (χ4n) is 1.38. The third-order valence-corrected chi connectivity index (χ3v) is 4.65. The van der Waals surface area contributed by atoms with Crippen LogP contribution in [0, 0.1) is 5.82 Å². The monoisotopic (exact) mass is 347 g/mol. The summed E-state index contributed by atoms with van der Waals surface area (Å²) in [6, 6.07) is 4.54. The van der Waals surface area contributed by atoms with E-state index in [9.17, 15) is 9.18 Å². The van der Waals surface area contributed by atoms with Crippen molar-refractivity contribution in [2.45, 2.75) is 17.0 Å². The predicted octanol–water partition coefficient (Wildman–Crippen LogP) is 4.19. The second kappa shape index (κ2) is 7.58. The van der Waals surface area contributed by atoms with Gasteiger partial charge in [-0.15, -0.1) is 10.2 Å². The largest absolute Gasteiger partial charge is 0.450 e. The van der Waals surface area contributed by atoms with Gasteiger partial charge in [-0.2, -0.15) is 0 Å². The highest BCUT2D eigenvalue weighted by Gasteiger charge is 2.12. The van der Waals surface area contributed by atoms with Crippen LogP contribution in [0.3, 0.4) is 0 Å². The number of benzene rings is 1. The first-order valence-corrected chi connectivity index (χ1v) is 8.11. The Labute approximate surface area is 133 Å². The van der Waals surface area contributed by atoms with Gasteiger partial charge in [0.05, 0.1) is 6.61 Å². The molecule has 1 aromatic carbocycles. The minimum atomic E-state index is -0.581. The Bertz CT molecular complexity index is 618. The summed E-state index contributed by atoms with van der Waals surface area (Å²) in [7, 11) is 0. The molecule has 2 aromatic rings. The molecule has 9 heteroatoms. The molecule has 0 aliphatic heterocycles. The van der Waals surface area contributed by atoms with Crippen LogP contribution in [0.2, 0.25) is 5.02 Å². The summed E-state index contributed by atoms with van der Waals surface area (Å²) in [5.74, 6) is -0.0242. The molecule has 1 amide bonds. The average Bonchev–Trinajstić information content (AvgIpc) is 2.86. The number of rotatable bonds is 5. The maximum Gasteiger partial charge on any atom is 0.413 e. The smallest absolute Gasteiger partial charge is 0.413 e. The average molecular weight is 348 g/mol. The third-order valence-electron chi connectivity index (χ3n) is 2.29. The van der Waals surface area contributed by atoms with Crippen molar-refractivity contribution in [1.29, 1.82) is 0 Å². The topological polar surface area (TPSA) is 64.1 Å². The molecule has 0 aliphatic carbocycles. The van der Waals surface area contributed by atoms with Crippen molar-refractivity contribution in [3.8, 4) is 0 Å². The molecule has 0 atom stereocenters. The van der Waals surface area contributed by atoms with Gasteiger partial charge in [-0.1, -0.05) is 40.8 Å². The first-order chi connectivity index (χ1) is 10.1. The summed E-state index contributed by atoms with van der Waals surface area (Å²) < 4.78 is 18.9. The third kappa shape index (κ3) is 4.55. The number of hydrogen-bond donors (Lipinski definition) is 1. The van der Waals surface area contributed by atoms with E-state index < -0.39 is 6.09 Å². The van der Waals surface area contributed by atoms with Crippen LogP contribution in [-0.2, 0) is 10.5 Å². The van der Waals surface area contributed by atoms with Crippen molar-refractivity contribution in [2.75, 3.05) is 11.9 Å². The van der Waals surface area contributed by atoms with Gasteiger partial charge in [0.1, 0.15) is 5.82 Å². The normalized spacial score (nSPS) is 10.4. The minimum Gasteiger partial charge on any atom is -0.450 e. The first kappa shape index (κ1) is 16.0. The van der Waals surface area contributed by atoms with Gasteiger partial charge < -0.3 is 4.74 Å². The van der Waals surface area contributed by atoms with E-state index in [0.29, 0.717) is 25.8 Å². The number of carbonyl (C=O) groups is 1. The molecule has 0 saturated heterocycles. The quantitative estimate of drug-likeness (QED) is 0.649. The predicted molar refractivity (Wildman–Crippen MR) is 81.5 cm³/mol. The number of ether oxygens (including phenoxy) is 1. The van der Waals surface area contributed by atoms with Gasteiger partial charge in [0.25, 0.3) is 0 Å². The molecule has 112 valence electrons. The number of nitrogens with zero attached hydrogens (tertiary/aromatic N) is 2. The highest BCUT2D eigenvalue weighted by Crippen LogP contribution is 2.31. The standard InChI is InChI=1S/C12H11ClFN3O2S2/c1-2-19-11(18)15-10-16-17-12(21-10)20-6-7-8(13)4-3-5-9(7)14/h3-5H,2,6H2,1H3,(H,15,16,18). The van der Waals surface area contributed by atoms with Gasteiger partial charge >= 0.3 is 6.09 Å². The number of carbonyl (C=O) groups excluding carboxylic acids is 1. The Kier molecular flexibility index (Phi) is 5.77. The number of hydrogen-bond acceptors (Lipinski definition) is 6. The van der Waals surface area contributed by atoms with Gasteiger partial charge in [0, 0.05) is 16.3 Å². The Morgan fingerprint density at radius 3 is 3.05 bits per heavy atom. The number of halogens is 2. The Morgan fingerprint density at radius 2 is 2.33 bits per heavy atom. The highest BCUT2D eigenvalue weighted by atomic mass is 35.5. The van der Waals surface area contributed by atoms with E-state index in [1.165, 1.54) is 29.2 Å². The van der Waals surface area contributed by atoms with Crippen LogP contribution >= 0.6 is 34.7 Å². The molecule has 1 heterocycles. The van der Waals surface area contributed by atoms with Crippen LogP contribution in [0.1, 0.15) is 12.5 Å². The fourth-order valence-corrected chi connectivity index (χ4v) is 3.46. The van der Waals surface area contributed by atoms with E-state index in [1.54, 1.807) is 19.1 Å². The van der Waals surface area contributed by atoms with Crippen LogP contribution in [0.4, 0.5) is 14.3 Å². The van der Waals surface area contributed by atoms with Gasteiger partial charge in [-0.3, -0.25) is 5.32 Å². The molecule has 0 bridgehead atoms. The Hall–Kier alpha value is -1.38. The van der Waals surface area contributed by atoms with E-state index >= 15 is 0 Å². The molecule has 0 radical (unpaired) electrons. The molecular weight excluding hydrogens is 337 g/mol. The summed E-state index contributed by atoms with van der Waals surface area (Å²) in [5.41, 5.74) is 0.416. The molecule has 0 aliphatic rings. The molecule has 0 spiro atoms. The van der Waals surface area contributed by atoms with E-state index in [-0.39, 0.29) is 12.4 Å². The van der Waals surface area contributed by atoms with Crippen LogP contribution in [0.25, 0.3) is 0 Å². The van der Waals surface area contributed by atoms with Crippen LogP contribution < -0.4 is 5.32 Å². The highest BCUT2D eigenvalue weighted by molar-refractivity contribution is 8.00. The molecule has 0 unspecified atom stereocenters. The SMILES string of the molecule is CCOC(=O)Nc1nnc(SCc2c(F)cccc2Cl)s1. The lowest BCUT2D eigenvalue weighted by molar-refractivity contribution is 0.168. The number of amides is 1. The lowest BCUT2D eigenvalue weighted by Crippen LogP contribution is -2.12. The molecule has 2 rings (SSSR count).